The fraction of sp³-hybridized carbons (Fsp3) is 0.263. The number of fused-ring (bicyclic) bond motifs is 1. The van der Waals surface area contributed by atoms with E-state index in [9.17, 15) is 14.0 Å². The van der Waals surface area contributed by atoms with Gasteiger partial charge in [0.15, 0.2) is 0 Å². The van der Waals surface area contributed by atoms with Crippen LogP contribution in [0.5, 0.6) is 5.75 Å². The predicted molar refractivity (Wildman–Crippen MR) is 95.6 cm³/mol. The van der Waals surface area contributed by atoms with E-state index in [1.165, 1.54) is 17.0 Å². The van der Waals surface area contributed by atoms with Crippen molar-refractivity contribution in [3.63, 3.8) is 0 Å². The van der Waals surface area contributed by atoms with Crippen LogP contribution < -0.4 is 4.74 Å². The molecule has 0 N–H and O–H groups in total. The first-order valence-electron chi connectivity index (χ1n) is 8.08. The molecule has 0 unspecified atom stereocenters. The van der Waals surface area contributed by atoms with E-state index in [-0.39, 0.29) is 17.6 Å². The number of ether oxygens (including phenoxy) is 1. The molecule has 0 saturated heterocycles. The molecule has 0 saturated carbocycles. The molecule has 0 aromatic heterocycles. The lowest BCUT2D eigenvalue weighted by atomic mass is 10.1. The zero-order valence-corrected chi connectivity index (χ0v) is 14.4. The van der Waals surface area contributed by atoms with Crippen LogP contribution >= 0.6 is 11.8 Å². The van der Waals surface area contributed by atoms with Crippen molar-refractivity contribution in [3.05, 3.63) is 65.5 Å². The number of hydrogen-bond donors (Lipinski definition) is 0. The van der Waals surface area contributed by atoms with Crippen LogP contribution in [-0.2, 0) is 0 Å². The van der Waals surface area contributed by atoms with Crippen LogP contribution in [0.2, 0.25) is 0 Å². The van der Waals surface area contributed by atoms with Crippen molar-refractivity contribution in [2.75, 3.05) is 24.7 Å². The molecule has 3 rings (SSSR count). The number of amides is 2. The van der Waals surface area contributed by atoms with E-state index in [1.54, 1.807) is 48.2 Å². The minimum atomic E-state index is -0.283. The van der Waals surface area contributed by atoms with E-state index in [4.69, 9.17) is 4.74 Å². The lowest BCUT2D eigenvalue weighted by Crippen LogP contribution is -2.31. The molecule has 2 aromatic carbocycles. The average Bonchev–Trinajstić information content (AvgIpc) is 2.87. The number of carbonyl (C=O) groups excluding carboxylic acids is 2. The van der Waals surface area contributed by atoms with E-state index < -0.39 is 0 Å². The van der Waals surface area contributed by atoms with E-state index in [1.807, 2.05) is 0 Å². The van der Waals surface area contributed by atoms with Crippen LogP contribution in [0, 0.1) is 5.82 Å². The molecule has 0 bridgehead atoms. The van der Waals surface area contributed by atoms with Gasteiger partial charge < -0.3 is 4.74 Å². The van der Waals surface area contributed by atoms with Gasteiger partial charge in [-0.25, -0.2) is 4.39 Å². The van der Waals surface area contributed by atoms with E-state index >= 15 is 0 Å². The molecule has 1 heterocycles. The molecular formula is C19H18FNO3S. The van der Waals surface area contributed by atoms with Crippen molar-refractivity contribution in [1.82, 2.24) is 4.90 Å². The molecule has 1 aliphatic heterocycles. The first-order valence-corrected chi connectivity index (χ1v) is 9.23. The number of carbonyl (C=O) groups is 2. The maximum absolute atomic E-state index is 12.8. The maximum Gasteiger partial charge on any atom is 0.261 e. The van der Waals surface area contributed by atoms with Crippen LogP contribution in [0.3, 0.4) is 0 Å². The molecular weight excluding hydrogens is 341 g/mol. The zero-order chi connectivity index (χ0) is 17.6. The van der Waals surface area contributed by atoms with Gasteiger partial charge in [-0.05, 0) is 48.6 Å². The minimum Gasteiger partial charge on any atom is -0.493 e. The average molecular weight is 359 g/mol. The normalized spacial score (nSPS) is 13.2. The number of nitrogens with zero attached hydrogens (tertiary/aromatic N) is 1. The van der Waals surface area contributed by atoms with Gasteiger partial charge in [-0.1, -0.05) is 12.1 Å². The highest BCUT2D eigenvalue weighted by molar-refractivity contribution is 7.99. The molecule has 2 aromatic rings. The van der Waals surface area contributed by atoms with Crippen LogP contribution in [0.1, 0.15) is 27.1 Å². The topological polar surface area (TPSA) is 46.6 Å². The van der Waals surface area contributed by atoms with E-state index in [2.05, 4.69) is 0 Å². The van der Waals surface area contributed by atoms with Crippen molar-refractivity contribution in [1.29, 1.82) is 0 Å². The summed E-state index contributed by atoms with van der Waals surface area (Å²) in [6, 6.07) is 12.9. The molecule has 1 aliphatic rings. The molecule has 0 spiro atoms. The van der Waals surface area contributed by atoms with Crippen molar-refractivity contribution in [2.45, 2.75) is 6.42 Å². The summed E-state index contributed by atoms with van der Waals surface area (Å²) in [5, 5.41) is 0. The molecule has 2 amide bonds. The molecule has 0 radical (unpaired) electrons. The zero-order valence-electron chi connectivity index (χ0n) is 13.6. The summed E-state index contributed by atoms with van der Waals surface area (Å²) in [5.74, 6) is 1.58. The molecule has 0 atom stereocenters. The van der Waals surface area contributed by atoms with E-state index in [0.29, 0.717) is 30.0 Å². The van der Waals surface area contributed by atoms with Crippen LogP contribution in [-0.4, -0.2) is 41.4 Å². The summed E-state index contributed by atoms with van der Waals surface area (Å²) in [5.41, 5.74) is 0.987. The van der Waals surface area contributed by atoms with Crippen molar-refractivity contribution >= 4 is 23.6 Å². The van der Waals surface area contributed by atoms with Gasteiger partial charge >= 0.3 is 0 Å². The van der Waals surface area contributed by atoms with Gasteiger partial charge in [0.1, 0.15) is 11.6 Å². The molecule has 6 heteroatoms. The number of imide groups is 1. The fourth-order valence-electron chi connectivity index (χ4n) is 2.62. The molecule has 25 heavy (non-hydrogen) atoms. The number of halogens is 1. The summed E-state index contributed by atoms with van der Waals surface area (Å²) in [4.78, 5) is 25.7. The Morgan fingerprint density at radius 1 is 0.920 bits per heavy atom. The lowest BCUT2D eigenvalue weighted by molar-refractivity contribution is 0.0655. The lowest BCUT2D eigenvalue weighted by Gasteiger charge is -2.13. The second-order valence-corrected chi connectivity index (χ2v) is 6.80. The standard InChI is InChI=1S/C19H18FNO3S/c20-14-6-8-15(9-7-14)24-11-13-25-12-3-10-21-18(22)16-4-1-2-5-17(16)19(21)23/h1-2,4-9H,3,10-13H2. The molecule has 0 aliphatic carbocycles. The number of thioether (sulfide) groups is 1. The quantitative estimate of drug-likeness (QED) is 0.533. The van der Waals surface area contributed by atoms with Gasteiger partial charge in [-0.2, -0.15) is 11.8 Å². The largest absolute Gasteiger partial charge is 0.493 e. The Morgan fingerprint density at radius 3 is 2.20 bits per heavy atom. The van der Waals surface area contributed by atoms with Crippen molar-refractivity contribution < 1.29 is 18.7 Å². The first kappa shape index (κ1) is 17.5. The van der Waals surface area contributed by atoms with Gasteiger partial charge in [-0.3, -0.25) is 14.5 Å². The molecule has 0 fully saturated rings. The highest BCUT2D eigenvalue weighted by atomic mass is 32.2. The Morgan fingerprint density at radius 2 is 1.56 bits per heavy atom. The van der Waals surface area contributed by atoms with Gasteiger partial charge in [0.05, 0.1) is 17.7 Å². The second-order valence-electron chi connectivity index (χ2n) is 5.58. The summed E-state index contributed by atoms with van der Waals surface area (Å²) in [6.45, 7) is 0.960. The summed E-state index contributed by atoms with van der Waals surface area (Å²) < 4.78 is 18.3. The summed E-state index contributed by atoms with van der Waals surface area (Å²) in [7, 11) is 0. The van der Waals surface area contributed by atoms with Crippen molar-refractivity contribution in [3.8, 4) is 5.75 Å². The van der Waals surface area contributed by atoms with Crippen LogP contribution in [0.15, 0.2) is 48.5 Å². The van der Waals surface area contributed by atoms with Gasteiger partial charge in [0.25, 0.3) is 11.8 Å². The predicted octanol–water partition coefficient (Wildman–Crippen LogP) is 3.62. The second kappa shape index (κ2) is 8.16. The Labute approximate surface area is 150 Å². The Kier molecular flexibility index (Phi) is 5.71. The molecule has 130 valence electrons. The number of hydrogen-bond acceptors (Lipinski definition) is 4. The summed E-state index contributed by atoms with van der Waals surface area (Å²) >= 11 is 1.70. The third-order valence-corrected chi connectivity index (χ3v) is 4.89. The maximum atomic E-state index is 12.8. The third kappa shape index (κ3) is 4.20. The Bertz CT molecular complexity index is 729. The minimum absolute atomic E-state index is 0.203. The third-order valence-electron chi connectivity index (χ3n) is 3.86. The highest BCUT2D eigenvalue weighted by Crippen LogP contribution is 2.22. The fourth-order valence-corrected chi connectivity index (χ4v) is 3.36. The van der Waals surface area contributed by atoms with Gasteiger partial charge in [0, 0.05) is 12.3 Å². The monoisotopic (exact) mass is 359 g/mol. The van der Waals surface area contributed by atoms with Crippen LogP contribution in [0.4, 0.5) is 4.39 Å². The van der Waals surface area contributed by atoms with Crippen LogP contribution in [0.25, 0.3) is 0 Å². The molecule has 4 nitrogen and oxygen atoms in total. The first-order chi connectivity index (χ1) is 12.2. The van der Waals surface area contributed by atoms with Crippen molar-refractivity contribution in [2.24, 2.45) is 0 Å². The SMILES string of the molecule is O=C1c2ccccc2C(=O)N1CCCSCCOc1ccc(F)cc1. The Hall–Kier alpha value is -2.34. The Balaban J connectivity index is 1.33. The number of rotatable bonds is 8. The smallest absolute Gasteiger partial charge is 0.261 e. The van der Waals surface area contributed by atoms with Gasteiger partial charge in [0.2, 0.25) is 0 Å². The van der Waals surface area contributed by atoms with E-state index in [0.717, 1.165) is 17.9 Å². The summed E-state index contributed by atoms with van der Waals surface area (Å²) in [6.07, 6.45) is 0.743. The highest BCUT2D eigenvalue weighted by Gasteiger charge is 2.34. The number of benzene rings is 2. The van der Waals surface area contributed by atoms with Gasteiger partial charge in [-0.15, -0.1) is 0 Å².